The van der Waals surface area contributed by atoms with Gasteiger partial charge >= 0.3 is 0 Å². The van der Waals surface area contributed by atoms with Crippen LogP contribution in [0.5, 0.6) is 0 Å². The van der Waals surface area contributed by atoms with Crippen molar-refractivity contribution >= 4 is 17.0 Å². The van der Waals surface area contributed by atoms with Crippen molar-refractivity contribution in [1.29, 1.82) is 5.26 Å². The van der Waals surface area contributed by atoms with Crippen LogP contribution in [0.1, 0.15) is 5.56 Å². The zero-order valence-corrected chi connectivity index (χ0v) is 8.49. The van der Waals surface area contributed by atoms with Crippen LogP contribution in [0.15, 0.2) is 29.6 Å². The normalized spacial score (nSPS) is 11.0. The first-order chi connectivity index (χ1) is 6.72. The molecule has 72 valence electrons. The van der Waals surface area contributed by atoms with E-state index in [-0.39, 0.29) is 11.0 Å². The highest BCUT2D eigenvalue weighted by atomic mass is 32.2. The summed E-state index contributed by atoms with van der Waals surface area (Å²) in [4.78, 5) is 0. The van der Waals surface area contributed by atoms with Crippen molar-refractivity contribution in [3.63, 3.8) is 0 Å². The average molecular weight is 207 g/mol. The molecule has 1 rings (SSSR count). The molecule has 1 heterocycles. The molecule has 0 saturated heterocycles. The quantitative estimate of drug-likeness (QED) is 0.390. The number of rotatable bonds is 2. The van der Waals surface area contributed by atoms with Gasteiger partial charge < -0.3 is 5.11 Å². The molecule has 1 aromatic heterocycles. The monoisotopic (exact) mass is 207 g/mol. The Bertz CT molecular complexity index is 367. The highest BCUT2D eigenvalue weighted by Crippen LogP contribution is 1.96. The lowest BCUT2D eigenvalue weighted by atomic mass is 10.3. The minimum atomic E-state index is -0.361. The molecule has 0 radical (unpaired) electrons. The fourth-order valence-corrected chi connectivity index (χ4v) is 1.12. The van der Waals surface area contributed by atoms with Crippen LogP contribution in [-0.4, -0.2) is 11.0 Å². The third-order valence-electron chi connectivity index (χ3n) is 1.44. The molecular formula is C9H9N3OS. The van der Waals surface area contributed by atoms with Crippen LogP contribution in [0.3, 0.4) is 0 Å². The van der Waals surface area contributed by atoms with E-state index in [2.05, 4.69) is 5.10 Å². The number of nitriles is 1. The fourth-order valence-electron chi connectivity index (χ4n) is 0.777. The molecule has 0 aliphatic rings. The van der Waals surface area contributed by atoms with Crippen LogP contribution in [0.4, 0.5) is 0 Å². The minimum Gasteiger partial charge on any atom is -0.850 e. The van der Waals surface area contributed by atoms with Gasteiger partial charge in [0.05, 0.1) is 17.1 Å². The van der Waals surface area contributed by atoms with Crippen molar-refractivity contribution in [1.82, 2.24) is 0 Å². The molecule has 0 saturated carbocycles. The van der Waals surface area contributed by atoms with Crippen molar-refractivity contribution in [2.45, 2.75) is 6.92 Å². The molecule has 0 aromatic carbocycles. The number of hydrogen-bond donors (Lipinski definition) is 0. The summed E-state index contributed by atoms with van der Waals surface area (Å²) in [5, 5.41) is 22.7. The Morgan fingerprint density at radius 2 is 2.29 bits per heavy atom. The van der Waals surface area contributed by atoms with Gasteiger partial charge in [-0.1, -0.05) is 4.68 Å². The summed E-state index contributed by atoms with van der Waals surface area (Å²) < 4.78 is 1.43. The maximum Gasteiger partial charge on any atom is 0.202 e. The fraction of sp³-hybridized carbons (Fsp3) is 0.222. The maximum absolute atomic E-state index is 11.1. The molecule has 0 amide bonds. The summed E-state index contributed by atoms with van der Waals surface area (Å²) in [5.74, 6) is 0.134. The number of hydrogen-bond acceptors (Lipinski definition) is 4. The smallest absolute Gasteiger partial charge is 0.202 e. The molecule has 1 aromatic rings. The van der Waals surface area contributed by atoms with Crippen molar-refractivity contribution < 1.29 is 9.78 Å². The van der Waals surface area contributed by atoms with Crippen LogP contribution >= 0.6 is 11.8 Å². The lowest BCUT2D eigenvalue weighted by Gasteiger charge is -2.01. The zero-order chi connectivity index (χ0) is 10.4. The van der Waals surface area contributed by atoms with Crippen molar-refractivity contribution in [2.75, 3.05) is 5.75 Å². The van der Waals surface area contributed by atoms with Gasteiger partial charge in [0.2, 0.25) is 12.4 Å². The first kappa shape index (κ1) is 10.5. The second-order valence-corrected chi connectivity index (χ2v) is 3.49. The molecule has 0 aliphatic heterocycles. The van der Waals surface area contributed by atoms with E-state index in [0.29, 0.717) is 0 Å². The van der Waals surface area contributed by atoms with Gasteiger partial charge in [-0.15, -0.1) is 11.8 Å². The topological polar surface area (TPSA) is 63.1 Å². The van der Waals surface area contributed by atoms with Crippen molar-refractivity contribution in [3.8, 4) is 6.07 Å². The van der Waals surface area contributed by atoms with Crippen LogP contribution < -0.4 is 9.78 Å². The summed E-state index contributed by atoms with van der Waals surface area (Å²) in [6.45, 7) is 1.95. The molecule has 0 bridgehead atoms. The maximum atomic E-state index is 11.1. The van der Waals surface area contributed by atoms with Gasteiger partial charge in [-0.3, -0.25) is 0 Å². The van der Waals surface area contributed by atoms with E-state index in [1.807, 2.05) is 25.1 Å². The van der Waals surface area contributed by atoms with Crippen LogP contribution in [0, 0.1) is 18.3 Å². The summed E-state index contributed by atoms with van der Waals surface area (Å²) in [5.41, 5.74) is 1.11. The third kappa shape index (κ3) is 3.46. The summed E-state index contributed by atoms with van der Waals surface area (Å²) >= 11 is 0.888. The van der Waals surface area contributed by atoms with E-state index in [1.54, 1.807) is 12.4 Å². The van der Waals surface area contributed by atoms with E-state index in [4.69, 9.17) is 5.26 Å². The molecule has 0 unspecified atom stereocenters. The molecule has 4 nitrogen and oxygen atoms in total. The molecule has 5 heteroatoms. The van der Waals surface area contributed by atoms with Crippen molar-refractivity contribution in [3.05, 3.63) is 30.1 Å². The van der Waals surface area contributed by atoms with E-state index in [9.17, 15) is 5.11 Å². The lowest BCUT2D eigenvalue weighted by Crippen LogP contribution is -2.31. The van der Waals surface area contributed by atoms with Gasteiger partial charge in [0, 0.05) is 12.1 Å². The van der Waals surface area contributed by atoms with Crippen molar-refractivity contribution in [2.24, 2.45) is 5.10 Å². The number of aromatic nitrogens is 1. The number of pyridine rings is 1. The highest BCUT2D eigenvalue weighted by molar-refractivity contribution is 8.13. The molecule has 0 fully saturated rings. The lowest BCUT2D eigenvalue weighted by molar-refractivity contribution is -0.681. The first-order valence-corrected chi connectivity index (χ1v) is 4.94. The Hall–Kier alpha value is -1.54. The van der Waals surface area contributed by atoms with Gasteiger partial charge in [0.1, 0.15) is 0 Å². The second kappa shape index (κ2) is 5.25. The molecule has 0 N–H and O–H groups in total. The number of thioether (sulfide) groups is 1. The van der Waals surface area contributed by atoms with Gasteiger partial charge in [-0.05, 0) is 17.6 Å². The number of nitrogens with zero attached hydrogens (tertiary/aromatic N) is 3. The molecule has 0 atom stereocenters. The van der Waals surface area contributed by atoms with E-state index in [1.165, 1.54) is 4.68 Å². The minimum absolute atomic E-state index is 0.134. The first-order valence-electron chi connectivity index (χ1n) is 3.96. The summed E-state index contributed by atoms with van der Waals surface area (Å²) in [6, 6.07) is 5.57. The Balaban J connectivity index is 2.67. The van der Waals surface area contributed by atoms with Crippen LogP contribution in [0.25, 0.3) is 0 Å². The Morgan fingerprint density at radius 1 is 1.64 bits per heavy atom. The largest absolute Gasteiger partial charge is 0.850 e. The zero-order valence-electron chi connectivity index (χ0n) is 7.67. The summed E-state index contributed by atoms with van der Waals surface area (Å²) in [6.07, 6.45) is 3.39. The number of aryl methyl sites for hydroxylation is 1. The van der Waals surface area contributed by atoms with Gasteiger partial charge in [-0.25, -0.2) is 0 Å². The Morgan fingerprint density at radius 3 is 2.86 bits per heavy atom. The third-order valence-corrected chi connectivity index (χ3v) is 2.04. The Kier molecular flexibility index (Phi) is 3.95. The predicted molar refractivity (Wildman–Crippen MR) is 52.3 cm³/mol. The van der Waals surface area contributed by atoms with Crippen LogP contribution in [0.2, 0.25) is 0 Å². The Labute approximate surface area is 86.5 Å². The summed E-state index contributed by atoms with van der Waals surface area (Å²) in [7, 11) is 0. The molecule has 14 heavy (non-hydrogen) atoms. The van der Waals surface area contributed by atoms with Gasteiger partial charge in [0.15, 0.2) is 0 Å². The standard InChI is InChI=1S/C9H9N3OS/c1-8-2-5-12(6-3-8)11-9(13)14-7-4-10/h2-3,5-6H,7H2,1H3. The molecule has 0 aliphatic carbocycles. The average Bonchev–Trinajstić information content (AvgIpc) is 2.18. The van der Waals surface area contributed by atoms with E-state index >= 15 is 0 Å². The highest BCUT2D eigenvalue weighted by Gasteiger charge is 1.96. The molecule has 0 spiro atoms. The SMILES string of the molecule is Cc1cc[n+](/N=C(\[O-])SCC#N)cc1. The predicted octanol–water partition coefficient (Wildman–Crippen LogP) is 0.0187. The van der Waals surface area contributed by atoms with E-state index in [0.717, 1.165) is 17.3 Å². The van der Waals surface area contributed by atoms with Crippen LogP contribution in [-0.2, 0) is 0 Å². The molecular weight excluding hydrogens is 198 g/mol. The van der Waals surface area contributed by atoms with E-state index < -0.39 is 0 Å². The van der Waals surface area contributed by atoms with Gasteiger partial charge in [0.25, 0.3) is 0 Å². The van der Waals surface area contributed by atoms with Gasteiger partial charge in [-0.2, -0.15) is 5.26 Å². The second-order valence-electron chi connectivity index (χ2n) is 2.57.